The number of nitrogens with one attached hydrogen (secondary N) is 1. The maximum absolute atomic E-state index is 13.0. The Morgan fingerprint density at radius 2 is 1.90 bits per heavy atom. The van der Waals surface area contributed by atoms with Crippen LogP contribution in [0, 0.1) is 0 Å². The number of carbonyl (C=O) groups excluding carboxylic acids is 2. The fourth-order valence-electron chi connectivity index (χ4n) is 4.45. The molecule has 0 spiro atoms. The Morgan fingerprint density at radius 3 is 2.72 bits per heavy atom. The lowest BCUT2D eigenvalue weighted by Gasteiger charge is -2.24. The maximum atomic E-state index is 13.0. The van der Waals surface area contributed by atoms with Crippen LogP contribution in [0.2, 0.25) is 0 Å². The number of amides is 2. The van der Waals surface area contributed by atoms with Gasteiger partial charge in [-0.3, -0.25) is 9.59 Å². The van der Waals surface area contributed by atoms with E-state index in [0.29, 0.717) is 12.2 Å². The molecule has 0 bridgehead atoms. The van der Waals surface area contributed by atoms with Crippen molar-refractivity contribution in [3.8, 4) is 0 Å². The largest absolute Gasteiger partial charge is 0.324 e. The van der Waals surface area contributed by atoms with E-state index in [4.69, 9.17) is 0 Å². The fourth-order valence-corrected chi connectivity index (χ4v) is 4.45. The predicted octanol–water partition coefficient (Wildman–Crippen LogP) is 3.43. The zero-order chi connectivity index (χ0) is 20.4. The standard InChI is InChI=1S/C22H29N5O2/c1-15(2)16-9-5-6-10-17(16)23-21(28)22(29)26-14-8-11-18(26)20-25-24-19-12-4-3-7-13-27(19)20/h5-6,9-10,15,18H,3-4,7-8,11-14H2,1-2H3,(H,23,28). The number of hydrogen-bond acceptors (Lipinski definition) is 4. The van der Waals surface area contributed by atoms with Gasteiger partial charge in [0, 0.05) is 25.2 Å². The number of aryl methyl sites for hydroxylation is 1. The van der Waals surface area contributed by atoms with Crippen LogP contribution in [-0.2, 0) is 22.6 Å². The van der Waals surface area contributed by atoms with Gasteiger partial charge in [0.05, 0.1) is 6.04 Å². The molecule has 0 saturated carbocycles. The van der Waals surface area contributed by atoms with E-state index >= 15 is 0 Å². The molecule has 1 saturated heterocycles. The van der Waals surface area contributed by atoms with Crippen molar-refractivity contribution in [2.45, 2.75) is 70.9 Å². The number of rotatable bonds is 3. The average molecular weight is 396 g/mol. The fraction of sp³-hybridized carbons (Fsp3) is 0.545. The van der Waals surface area contributed by atoms with Crippen molar-refractivity contribution in [1.29, 1.82) is 0 Å². The van der Waals surface area contributed by atoms with Gasteiger partial charge in [0.2, 0.25) is 0 Å². The summed E-state index contributed by atoms with van der Waals surface area (Å²) in [5.41, 5.74) is 1.72. The van der Waals surface area contributed by atoms with E-state index in [1.165, 1.54) is 6.42 Å². The number of fused-ring (bicyclic) bond motifs is 1. The zero-order valence-electron chi connectivity index (χ0n) is 17.2. The normalized spacial score (nSPS) is 19.1. The van der Waals surface area contributed by atoms with Crippen LogP contribution in [0.5, 0.6) is 0 Å². The highest BCUT2D eigenvalue weighted by molar-refractivity contribution is 6.39. The zero-order valence-corrected chi connectivity index (χ0v) is 17.2. The van der Waals surface area contributed by atoms with Gasteiger partial charge in [0.1, 0.15) is 5.82 Å². The van der Waals surface area contributed by atoms with Gasteiger partial charge in [-0.15, -0.1) is 10.2 Å². The smallest absolute Gasteiger partial charge is 0.313 e. The summed E-state index contributed by atoms with van der Waals surface area (Å²) in [5, 5.41) is 11.6. The van der Waals surface area contributed by atoms with Crippen LogP contribution in [0.1, 0.15) is 75.1 Å². The molecule has 154 valence electrons. The number of likely N-dealkylation sites (tertiary alicyclic amines) is 1. The first-order valence-electron chi connectivity index (χ1n) is 10.7. The van der Waals surface area contributed by atoms with E-state index in [1.54, 1.807) is 4.90 Å². The minimum Gasteiger partial charge on any atom is -0.324 e. The van der Waals surface area contributed by atoms with Crippen molar-refractivity contribution in [1.82, 2.24) is 19.7 Å². The van der Waals surface area contributed by atoms with Gasteiger partial charge in [-0.25, -0.2) is 0 Å². The summed E-state index contributed by atoms with van der Waals surface area (Å²) in [4.78, 5) is 27.5. The number of hydrogen-bond donors (Lipinski definition) is 1. The van der Waals surface area contributed by atoms with Crippen LogP contribution < -0.4 is 5.32 Å². The van der Waals surface area contributed by atoms with Crippen LogP contribution in [0.15, 0.2) is 24.3 Å². The van der Waals surface area contributed by atoms with E-state index < -0.39 is 11.8 Å². The third kappa shape index (κ3) is 3.91. The summed E-state index contributed by atoms with van der Waals surface area (Å²) in [7, 11) is 0. The Morgan fingerprint density at radius 1 is 1.07 bits per heavy atom. The minimum atomic E-state index is -0.583. The highest BCUT2D eigenvalue weighted by Crippen LogP contribution is 2.33. The Hall–Kier alpha value is -2.70. The highest BCUT2D eigenvalue weighted by Gasteiger charge is 2.37. The van der Waals surface area contributed by atoms with Gasteiger partial charge in [-0.2, -0.15) is 0 Å². The quantitative estimate of drug-likeness (QED) is 0.808. The molecule has 7 heteroatoms. The van der Waals surface area contributed by atoms with Gasteiger partial charge >= 0.3 is 11.8 Å². The predicted molar refractivity (Wildman–Crippen MR) is 110 cm³/mol. The maximum Gasteiger partial charge on any atom is 0.313 e. The van der Waals surface area contributed by atoms with Crippen molar-refractivity contribution in [3.05, 3.63) is 41.5 Å². The number of para-hydroxylation sites is 1. The first kappa shape index (κ1) is 19.6. The molecule has 0 aliphatic carbocycles. The van der Waals surface area contributed by atoms with Gasteiger partial charge in [-0.1, -0.05) is 38.5 Å². The van der Waals surface area contributed by atoms with E-state index in [1.807, 2.05) is 24.3 Å². The highest BCUT2D eigenvalue weighted by atomic mass is 16.2. The van der Waals surface area contributed by atoms with Gasteiger partial charge < -0.3 is 14.8 Å². The molecule has 1 unspecified atom stereocenters. The van der Waals surface area contributed by atoms with Crippen molar-refractivity contribution in [3.63, 3.8) is 0 Å². The molecule has 2 aliphatic heterocycles. The van der Waals surface area contributed by atoms with Crippen molar-refractivity contribution < 1.29 is 9.59 Å². The molecule has 1 aromatic heterocycles. The Balaban J connectivity index is 1.53. The molecular formula is C22H29N5O2. The average Bonchev–Trinajstić information content (AvgIpc) is 3.28. The van der Waals surface area contributed by atoms with Crippen LogP contribution in [0.25, 0.3) is 0 Å². The summed E-state index contributed by atoms with van der Waals surface area (Å²) in [6, 6.07) is 7.47. The lowest BCUT2D eigenvalue weighted by Crippen LogP contribution is -2.40. The molecule has 2 aromatic rings. The van der Waals surface area contributed by atoms with Crippen LogP contribution in [0.4, 0.5) is 5.69 Å². The number of aromatic nitrogens is 3. The third-order valence-corrected chi connectivity index (χ3v) is 5.98. The Labute approximate surface area is 171 Å². The first-order chi connectivity index (χ1) is 14.1. The number of benzene rings is 1. The summed E-state index contributed by atoms with van der Waals surface area (Å²) in [6.45, 7) is 5.61. The lowest BCUT2D eigenvalue weighted by atomic mass is 10.0. The molecule has 2 aliphatic rings. The first-order valence-corrected chi connectivity index (χ1v) is 10.7. The topological polar surface area (TPSA) is 80.1 Å². The number of anilines is 1. The lowest BCUT2D eigenvalue weighted by molar-refractivity contribution is -0.143. The summed E-state index contributed by atoms with van der Waals surface area (Å²) in [5.74, 6) is 1.03. The monoisotopic (exact) mass is 395 g/mol. The molecule has 1 atom stereocenters. The minimum absolute atomic E-state index is 0.173. The molecular weight excluding hydrogens is 366 g/mol. The molecule has 7 nitrogen and oxygen atoms in total. The van der Waals surface area contributed by atoms with Gasteiger partial charge in [0.25, 0.3) is 0 Å². The van der Waals surface area contributed by atoms with E-state index in [0.717, 1.165) is 55.9 Å². The Bertz CT molecular complexity index is 904. The summed E-state index contributed by atoms with van der Waals surface area (Å²) in [6.07, 6.45) is 6.04. The molecule has 1 aromatic carbocycles. The van der Waals surface area contributed by atoms with Crippen molar-refractivity contribution in [2.24, 2.45) is 0 Å². The van der Waals surface area contributed by atoms with E-state index in [-0.39, 0.29) is 12.0 Å². The third-order valence-electron chi connectivity index (χ3n) is 5.98. The molecule has 2 amide bonds. The second-order valence-corrected chi connectivity index (χ2v) is 8.29. The number of carbonyl (C=O) groups is 2. The van der Waals surface area contributed by atoms with Gasteiger partial charge in [-0.05, 0) is 43.2 Å². The molecule has 29 heavy (non-hydrogen) atoms. The second kappa shape index (κ2) is 8.35. The molecule has 1 fully saturated rings. The number of nitrogens with zero attached hydrogens (tertiary/aromatic N) is 4. The molecule has 4 rings (SSSR count). The van der Waals surface area contributed by atoms with Crippen LogP contribution in [-0.4, -0.2) is 38.0 Å². The summed E-state index contributed by atoms with van der Waals surface area (Å²) < 4.78 is 2.18. The van der Waals surface area contributed by atoms with Crippen LogP contribution >= 0.6 is 0 Å². The molecule has 3 heterocycles. The molecule has 1 N–H and O–H groups in total. The summed E-state index contributed by atoms with van der Waals surface area (Å²) >= 11 is 0. The van der Waals surface area contributed by atoms with E-state index in [9.17, 15) is 9.59 Å². The van der Waals surface area contributed by atoms with Crippen LogP contribution in [0.3, 0.4) is 0 Å². The van der Waals surface area contributed by atoms with Crippen molar-refractivity contribution >= 4 is 17.5 Å². The van der Waals surface area contributed by atoms with Gasteiger partial charge in [0.15, 0.2) is 5.82 Å². The van der Waals surface area contributed by atoms with E-state index in [2.05, 4.69) is 33.9 Å². The SMILES string of the molecule is CC(C)c1ccccc1NC(=O)C(=O)N1CCCC1c1nnc2n1CCCCC2. The van der Waals surface area contributed by atoms with Crippen molar-refractivity contribution in [2.75, 3.05) is 11.9 Å². The Kier molecular flexibility index (Phi) is 5.65. The second-order valence-electron chi connectivity index (χ2n) is 8.29. The molecule has 0 radical (unpaired) electrons.